The number of rotatable bonds is 2. The summed E-state index contributed by atoms with van der Waals surface area (Å²) in [5.74, 6) is 0.543. The van der Waals surface area contributed by atoms with E-state index in [2.05, 4.69) is 44.4 Å². The molecule has 1 heterocycles. The number of benzene rings is 2. The van der Waals surface area contributed by atoms with Gasteiger partial charge in [0.1, 0.15) is 11.6 Å². The number of fused-ring (bicyclic) bond motifs is 1. The SMILES string of the molecule is CNc1nc2cc(C)cc(Br)c2cc1-c1ccc(F)cc1. The summed E-state index contributed by atoms with van der Waals surface area (Å²) in [6.45, 7) is 2.04. The monoisotopic (exact) mass is 344 g/mol. The third-order valence-electron chi connectivity index (χ3n) is 3.42. The first kappa shape index (κ1) is 14.0. The van der Waals surface area contributed by atoms with E-state index in [0.717, 1.165) is 37.9 Å². The summed E-state index contributed by atoms with van der Waals surface area (Å²) in [4.78, 5) is 4.68. The van der Waals surface area contributed by atoms with Crippen molar-refractivity contribution in [3.8, 4) is 11.1 Å². The van der Waals surface area contributed by atoms with Crippen molar-refractivity contribution in [3.63, 3.8) is 0 Å². The van der Waals surface area contributed by atoms with Crippen molar-refractivity contribution in [3.05, 3.63) is 58.3 Å². The zero-order chi connectivity index (χ0) is 15.0. The molecule has 1 N–H and O–H groups in total. The van der Waals surface area contributed by atoms with Crippen LogP contribution in [0.3, 0.4) is 0 Å². The zero-order valence-corrected chi connectivity index (χ0v) is 13.3. The lowest BCUT2D eigenvalue weighted by atomic mass is 10.0. The third-order valence-corrected chi connectivity index (χ3v) is 4.08. The zero-order valence-electron chi connectivity index (χ0n) is 11.7. The molecule has 4 heteroatoms. The standard InChI is InChI=1S/C17H14BrFN2/c1-10-7-15(18)14-9-13(11-3-5-12(19)6-4-11)17(20-2)21-16(14)8-10/h3-9H,1-2H3,(H,20,21). The molecule has 2 nitrogen and oxygen atoms in total. The molecule has 0 bridgehead atoms. The number of hydrogen-bond donors (Lipinski definition) is 1. The molecule has 0 aliphatic carbocycles. The van der Waals surface area contributed by atoms with Crippen LogP contribution in [0.1, 0.15) is 5.56 Å². The van der Waals surface area contributed by atoms with Crippen LogP contribution in [0.25, 0.3) is 22.0 Å². The molecular weight excluding hydrogens is 331 g/mol. The number of nitrogens with zero attached hydrogens (tertiary/aromatic N) is 1. The molecule has 2 aromatic carbocycles. The highest BCUT2D eigenvalue weighted by molar-refractivity contribution is 9.10. The van der Waals surface area contributed by atoms with E-state index < -0.39 is 0 Å². The molecule has 0 saturated heterocycles. The first-order valence-electron chi connectivity index (χ1n) is 6.63. The molecule has 0 radical (unpaired) electrons. The van der Waals surface area contributed by atoms with Crippen molar-refractivity contribution in [1.82, 2.24) is 4.98 Å². The van der Waals surface area contributed by atoms with Gasteiger partial charge in [0.25, 0.3) is 0 Å². The lowest BCUT2D eigenvalue weighted by molar-refractivity contribution is 0.628. The van der Waals surface area contributed by atoms with Crippen LogP contribution in [0.15, 0.2) is 46.9 Å². The van der Waals surface area contributed by atoms with E-state index in [1.165, 1.54) is 12.1 Å². The summed E-state index contributed by atoms with van der Waals surface area (Å²) in [5.41, 5.74) is 3.97. The van der Waals surface area contributed by atoms with E-state index in [9.17, 15) is 4.39 Å². The molecule has 3 rings (SSSR count). The Kier molecular flexibility index (Phi) is 3.64. The maximum absolute atomic E-state index is 13.1. The molecule has 0 amide bonds. The summed E-state index contributed by atoms with van der Waals surface area (Å²) >= 11 is 3.59. The highest BCUT2D eigenvalue weighted by atomic mass is 79.9. The van der Waals surface area contributed by atoms with E-state index in [-0.39, 0.29) is 5.82 Å². The molecule has 0 atom stereocenters. The first-order valence-corrected chi connectivity index (χ1v) is 7.42. The van der Waals surface area contributed by atoms with Crippen molar-refractivity contribution in [2.75, 3.05) is 12.4 Å². The van der Waals surface area contributed by atoms with E-state index in [4.69, 9.17) is 0 Å². The van der Waals surface area contributed by atoms with Crippen LogP contribution >= 0.6 is 15.9 Å². The molecule has 0 saturated carbocycles. The van der Waals surface area contributed by atoms with Crippen molar-refractivity contribution < 1.29 is 4.39 Å². The van der Waals surface area contributed by atoms with Gasteiger partial charge in [-0.1, -0.05) is 28.1 Å². The third kappa shape index (κ3) is 2.63. The van der Waals surface area contributed by atoms with Crippen molar-refractivity contribution in [2.24, 2.45) is 0 Å². The fourth-order valence-corrected chi connectivity index (χ4v) is 3.08. The Morgan fingerprint density at radius 3 is 2.48 bits per heavy atom. The Balaban J connectivity index is 2.28. The molecule has 0 aliphatic rings. The lowest BCUT2D eigenvalue weighted by Crippen LogP contribution is -1.97. The number of hydrogen-bond acceptors (Lipinski definition) is 2. The van der Waals surface area contributed by atoms with E-state index >= 15 is 0 Å². The van der Waals surface area contributed by atoms with Crippen LogP contribution < -0.4 is 5.32 Å². The number of aromatic nitrogens is 1. The van der Waals surface area contributed by atoms with Crippen molar-refractivity contribution in [2.45, 2.75) is 6.92 Å². The number of aryl methyl sites for hydroxylation is 1. The Labute approximate surface area is 131 Å². The highest BCUT2D eigenvalue weighted by Crippen LogP contribution is 2.33. The van der Waals surface area contributed by atoms with Gasteiger partial charge in [-0.3, -0.25) is 0 Å². The van der Waals surface area contributed by atoms with Crippen LogP contribution in [-0.2, 0) is 0 Å². The van der Waals surface area contributed by atoms with Gasteiger partial charge in [0.2, 0.25) is 0 Å². The minimum atomic E-state index is -0.240. The van der Waals surface area contributed by atoms with Gasteiger partial charge >= 0.3 is 0 Å². The molecular formula is C17H14BrFN2. The molecule has 0 fully saturated rings. The molecule has 1 aromatic heterocycles. The molecule has 0 unspecified atom stereocenters. The minimum absolute atomic E-state index is 0.240. The van der Waals surface area contributed by atoms with E-state index in [1.807, 2.05) is 14.0 Å². The average molecular weight is 345 g/mol. The van der Waals surface area contributed by atoms with E-state index in [0.29, 0.717) is 0 Å². The smallest absolute Gasteiger partial charge is 0.134 e. The van der Waals surface area contributed by atoms with Crippen molar-refractivity contribution >= 4 is 32.7 Å². The van der Waals surface area contributed by atoms with Gasteiger partial charge in [-0.25, -0.2) is 9.37 Å². The number of nitrogens with one attached hydrogen (secondary N) is 1. The molecule has 0 aliphatic heterocycles. The highest BCUT2D eigenvalue weighted by Gasteiger charge is 2.10. The van der Waals surface area contributed by atoms with Gasteiger partial charge < -0.3 is 5.32 Å². The Bertz CT molecular complexity index is 813. The van der Waals surface area contributed by atoms with Crippen LogP contribution in [0.5, 0.6) is 0 Å². The Morgan fingerprint density at radius 1 is 1.10 bits per heavy atom. The Hall–Kier alpha value is -1.94. The molecule has 0 spiro atoms. The topological polar surface area (TPSA) is 24.9 Å². The summed E-state index contributed by atoms with van der Waals surface area (Å²) < 4.78 is 14.1. The van der Waals surface area contributed by atoms with Crippen molar-refractivity contribution in [1.29, 1.82) is 0 Å². The summed E-state index contributed by atoms with van der Waals surface area (Å²) in [6, 6.07) is 12.6. The molecule has 106 valence electrons. The van der Waals surface area contributed by atoms with Gasteiger partial charge in [-0.05, 0) is 48.4 Å². The number of halogens is 2. The second-order valence-electron chi connectivity index (χ2n) is 4.95. The lowest BCUT2D eigenvalue weighted by Gasteiger charge is -2.12. The second kappa shape index (κ2) is 5.45. The second-order valence-corrected chi connectivity index (χ2v) is 5.81. The summed E-state index contributed by atoms with van der Waals surface area (Å²) in [5, 5.41) is 4.16. The van der Waals surface area contributed by atoms with E-state index in [1.54, 1.807) is 12.1 Å². The normalized spacial score (nSPS) is 10.9. The quantitative estimate of drug-likeness (QED) is 0.694. The van der Waals surface area contributed by atoms with Crippen LogP contribution in [-0.4, -0.2) is 12.0 Å². The predicted molar refractivity (Wildman–Crippen MR) is 89.1 cm³/mol. The number of anilines is 1. The fourth-order valence-electron chi connectivity index (χ4n) is 2.40. The minimum Gasteiger partial charge on any atom is -0.373 e. The number of pyridine rings is 1. The maximum Gasteiger partial charge on any atom is 0.134 e. The van der Waals surface area contributed by atoms with Gasteiger partial charge in [0, 0.05) is 22.5 Å². The Morgan fingerprint density at radius 2 is 1.81 bits per heavy atom. The van der Waals surface area contributed by atoms with Gasteiger partial charge in [-0.2, -0.15) is 0 Å². The maximum atomic E-state index is 13.1. The summed E-state index contributed by atoms with van der Waals surface area (Å²) in [6.07, 6.45) is 0. The molecule has 21 heavy (non-hydrogen) atoms. The van der Waals surface area contributed by atoms with Crippen LogP contribution in [0, 0.1) is 12.7 Å². The van der Waals surface area contributed by atoms with Gasteiger partial charge in [0.05, 0.1) is 5.52 Å². The van der Waals surface area contributed by atoms with Gasteiger partial charge in [0.15, 0.2) is 0 Å². The average Bonchev–Trinajstić information content (AvgIpc) is 2.47. The van der Waals surface area contributed by atoms with Crippen LogP contribution in [0.4, 0.5) is 10.2 Å². The summed E-state index contributed by atoms with van der Waals surface area (Å²) in [7, 11) is 1.84. The molecule has 3 aromatic rings. The largest absolute Gasteiger partial charge is 0.373 e. The fraction of sp³-hybridized carbons (Fsp3) is 0.118. The van der Waals surface area contributed by atoms with Crippen LogP contribution in [0.2, 0.25) is 0 Å². The first-order chi connectivity index (χ1) is 10.1. The predicted octanol–water partition coefficient (Wildman–Crippen LogP) is 5.15. The van der Waals surface area contributed by atoms with Gasteiger partial charge in [-0.15, -0.1) is 0 Å².